The molecule has 1 atom stereocenters. The summed E-state index contributed by atoms with van der Waals surface area (Å²) in [6.45, 7) is 4.01. The van der Waals surface area contributed by atoms with E-state index in [1.165, 1.54) is 0 Å². The molecule has 0 saturated heterocycles. The molecule has 0 radical (unpaired) electrons. The molecule has 2 N–H and O–H groups in total. The molecule has 0 bridgehead atoms. The Balaban J connectivity index is 2.46. The molecule has 0 heterocycles. The monoisotopic (exact) mass is 277 g/mol. The van der Waals surface area contributed by atoms with Crippen molar-refractivity contribution < 1.29 is 14.7 Å². The standard InChI is InChI=1S/C16H23NO3/c1-3-4-9-14(16(19)20)17-15(18)11-10-13-8-6-5-7-12(13)2/h5-8,14H,3-4,9-11H2,1-2H3,(H,17,18)(H,19,20). The first-order valence-electron chi connectivity index (χ1n) is 7.11. The Morgan fingerprint density at radius 3 is 2.60 bits per heavy atom. The number of carbonyl (C=O) groups is 2. The van der Waals surface area contributed by atoms with Crippen LogP contribution in [0, 0.1) is 6.92 Å². The Hall–Kier alpha value is -1.84. The van der Waals surface area contributed by atoms with Gasteiger partial charge in [0, 0.05) is 6.42 Å². The summed E-state index contributed by atoms with van der Waals surface area (Å²) in [5.74, 6) is -1.15. The van der Waals surface area contributed by atoms with Gasteiger partial charge in [0.25, 0.3) is 0 Å². The van der Waals surface area contributed by atoms with Gasteiger partial charge in [-0.25, -0.2) is 4.79 Å². The lowest BCUT2D eigenvalue weighted by Crippen LogP contribution is -2.40. The van der Waals surface area contributed by atoms with Crippen molar-refractivity contribution in [3.05, 3.63) is 35.4 Å². The SMILES string of the molecule is CCCCC(NC(=O)CCc1ccccc1C)C(=O)O. The number of carboxylic acid groups (broad SMARTS) is 1. The predicted octanol–water partition coefficient (Wildman–Crippen LogP) is 2.69. The number of unbranched alkanes of at least 4 members (excludes halogenated alkanes) is 1. The summed E-state index contributed by atoms with van der Waals surface area (Å²) in [6.07, 6.45) is 3.17. The van der Waals surface area contributed by atoms with E-state index >= 15 is 0 Å². The van der Waals surface area contributed by atoms with E-state index in [2.05, 4.69) is 5.32 Å². The maximum atomic E-state index is 11.8. The highest BCUT2D eigenvalue weighted by atomic mass is 16.4. The Morgan fingerprint density at radius 2 is 2.00 bits per heavy atom. The average Bonchev–Trinajstić information content (AvgIpc) is 2.42. The van der Waals surface area contributed by atoms with E-state index < -0.39 is 12.0 Å². The molecule has 110 valence electrons. The molecule has 0 aliphatic carbocycles. The molecule has 1 aromatic carbocycles. The molecule has 1 unspecified atom stereocenters. The molecular weight excluding hydrogens is 254 g/mol. The normalized spacial score (nSPS) is 11.9. The number of aliphatic carboxylic acids is 1. The number of carboxylic acids is 1. The first-order valence-corrected chi connectivity index (χ1v) is 7.11. The zero-order chi connectivity index (χ0) is 15.0. The highest BCUT2D eigenvalue weighted by Gasteiger charge is 2.18. The smallest absolute Gasteiger partial charge is 0.326 e. The fourth-order valence-corrected chi connectivity index (χ4v) is 2.07. The molecule has 1 amide bonds. The van der Waals surface area contributed by atoms with Crippen LogP contribution in [0.3, 0.4) is 0 Å². The summed E-state index contributed by atoms with van der Waals surface area (Å²) >= 11 is 0. The van der Waals surface area contributed by atoms with E-state index in [0.717, 1.165) is 24.0 Å². The number of hydrogen-bond acceptors (Lipinski definition) is 2. The van der Waals surface area contributed by atoms with Crippen molar-refractivity contribution in [3.8, 4) is 0 Å². The molecule has 0 aliphatic heterocycles. The summed E-state index contributed by atoms with van der Waals surface area (Å²) < 4.78 is 0. The average molecular weight is 277 g/mol. The summed E-state index contributed by atoms with van der Waals surface area (Å²) in [7, 11) is 0. The van der Waals surface area contributed by atoms with E-state index in [9.17, 15) is 9.59 Å². The quantitative estimate of drug-likeness (QED) is 0.767. The van der Waals surface area contributed by atoms with E-state index in [0.29, 0.717) is 19.3 Å². The van der Waals surface area contributed by atoms with Crippen molar-refractivity contribution in [3.63, 3.8) is 0 Å². The van der Waals surface area contributed by atoms with Crippen molar-refractivity contribution in [1.29, 1.82) is 0 Å². The first-order chi connectivity index (χ1) is 9.54. The van der Waals surface area contributed by atoms with Gasteiger partial charge in [0.05, 0.1) is 0 Å². The van der Waals surface area contributed by atoms with Crippen molar-refractivity contribution in [2.24, 2.45) is 0 Å². The lowest BCUT2D eigenvalue weighted by Gasteiger charge is -2.14. The molecule has 0 aromatic heterocycles. The van der Waals surface area contributed by atoms with Crippen molar-refractivity contribution >= 4 is 11.9 Å². The Kier molecular flexibility index (Phi) is 6.77. The van der Waals surface area contributed by atoms with Gasteiger partial charge in [0.15, 0.2) is 0 Å². The lowest BCUT2D eigenvalue weighted by molar-refractivity contribution is -0.142. The molecule has 0 aliphatic rings. The molecule has 0 fully saturated rings. The number of nitrogens with one attached hydrogen (secondary N) is 1. The maximum Gasteiger partial charge on any atom is 0.326 e. The van der Waals surface area contributed by atoms with E-state index in [1.807, 2.05) is 38.1 Å². The van der Waals surface area contributed by atoms with Gasteiger partial charge in [-0.3, -0.25) is 4.79 Å². The molecule has 1 rings (SSSR count). The van der Waals surface area contributed by atoms with E-state index in [1.54, 1.807) is 0 Å². The van der Waals surface area contributed by atoms with Crippen LogP contribution >= 0.6 is 0 Å². The van der Waals surface area contributed by atoms with Gasteiger partial charge in [-0.2, -0.15) is 0 Å². The van der Waals surface area contributed by atoms with Crippen molar-refractivity contribution in [2.45, 2.75) is 52.0 Å². The van der Waals surface area contributed by atoms with Crippen LogP contribution in [-0.2, 0) is 16.0 Å². The second kappa shape index (κ2) is 8.35. The molecule has 0 spiro atoms. The third-order valence-corrected chi connectivity index (χ3v) is 3.36. The van der Waals surface area contributed by atoms with Crippen LogP contribution in [-0.4, -0.2) is 23.0 Å². The van der Waals surface area contributed by atoms with Crippen LogP contribution in [0.15, 0.2) is 24.3 Å². The molecule has 20 heavy (non-hydrogen) atoms. The van der Waals surface area contributed by atoms with Gasteiger partial charge in [-0.1, -0.05) is 44.0 Å². The fourth-order valence-electron chi connectivity index (χ4n) is 2.07. The van der Waals surface area contributed by atoms with Gasteiger partial charge in [0.2, 0.25) is 5.91 Å². The molecular formula is C16H23NO3. The van der Waals surface area contributed by atoms with Gasteiger partial charge < -0.3 is 10.4 Å². The maximum absolute atomic E-state index is 11.8. The van der Waals surface area contributed by atoms with Crippen LogP contribution in [0.1, 0.15) is 43.7 Å². The number of aryl methyl sites for hydroxylation is 2. The van der Waals surface area contributed by atoms with Crippen LogP contribution < -0.4 is 5.32 Å². The Bertz CT molecular complexity index is 457. The molecule has 4 heteroatoms. The minimum Gasteiger partial charge on any atom is -0.480 e. The number of benzene rings is 1. The zero-order valence-electron chi connectivity index (χ0n) is 12.2. The molecule has 0 saturated carbocycles. The van der Waals surface area contributed by atoms with Crippen LogP contribution in [0.4, 0.5) is 0 Å². The highest BCUT2D eigenvalue weighted by Crippen LogP contribution is 2.09. The number of carbonyl (C=O) groups excluding carboxylic acids is 1. The Morgan fingerprint density at radius 1 is 1.30 bits per heavy atom. The summed E-state index contributed by atoms with van der Waals surface area (Å²) in [4.78, 5) is 22.9. The van der Waals surface area contributed by atoms with Crippen molar-refractivity contribution in [1.82, 2.24) is 5.32 Å². The van der Waals surface area contributed by atoms with E-state index in [4.69, 9.17) is 5.11 Å². The minimum absolute atomic E-state index is 0.197. The van der Waals surface area contributed by atoms with Crippen LogP contribution in [0.25, 0.3) is 0 Å². The van der Waals surface area contributed by atoms with E-state index in [-0.39, 0.29) is 5.91 Å². The van der Waals surface area contributed by atoms with Crippen LogP contribution in [0.5, 0.6) is 0 Å². The van der Waals surface area contributed by atoms with Gasteiger partial charge in [-0.15, -0.1) is 0 Å². The molecule has 4 nitrogen and oxygen atoms in total. The summed E-state index contributed by atoms with van der Waals surface area (Å²) in [5, 5.41) is 11.7. The van der Waals surface area contributed by atoms with Gasteiger partial charge >= 0.3 is 5.97 Å². The highest BCUT2D eigenvalue weighted by molar-refractivity contribution is 5.83. The first kappa shape index (κ1) is 16.2. The topological polar surface area (TPSA) is 66.4 Å². The van der Waals surface area contributed by atoms with Gasteiger partial charge in [0.1, 0.15) is 6.04 Å². The number of rotatable bonds is 8. The zero-order valence-corrected chi connectivity index (χ0v) is 12.2. The summed E-state index contributed by atoms with van der Waals surface area (Å²) in [5.41, 5.74) is 2.28. The van der Waals surface area contributed by atoms with Crippen molar-refractivity contribution in [2.75, 3.05) is 0 Å². The second-order valence-electron chi connectivity index (χ2n) is 5.03. The second-order valence-corrected chi connectivity index (χ2v) is 5.03. The number of hydrogen-bond donors (Lipinski definition) is 2. The largest absolute Gasteiger partial charge is 0.480 e. The molecule has 1 aromatic rings. The summed E-state index contributed by atoms with van der Waals surface area (Å²) in [6, 6.07) is 7.15. The third kappa shape index (κ3) is 5.43. The predicted molar refractivity (Wildman–Crippen MR) is 78.6 cm³/mol. The third-order valence-electron chi connectivity index (χ3n) is 3.36. The minimum atomic E-state index is -0.956. The number of amides is 1. The van der Waals surface area contributed by atoms with Crippen LogP contribution in [0.2, 0.25) is 0 Å². The van der Waals surface area contributed by atoms with Gasteiger partial charge in [-0.05, 0) is 30.9 Å². The lowest BCUT2D eigenvalue weighted by atomic mass is 10.0. The fraction of sp³-hybridized carbons (Fsp3) is 0.500. The Labute approximate surface area is 120 Å².